The van der Waals surface area contributed by atoms with Gasteiger partial charge in [0.25, 0.3) is 0 Å². The molecule has 4 rings (SSSR count). The maximum absolute atomic E-state index is 4.95. The molecule has 0 bridgehead atoms. The summed E-state index contributed by atoms with van der Waals surface area (Å²) in [5.74, 6) is 0. The van der Waals surface area contributed by atoms with Crippen molar-refractivity contribution in [2.45, 2.75) is 0 Å². The molecule has 0 atom stereocenters. The van der Waals surface area contributed by atoms with E-state index >= 15 is 0 Å². The minimum Gasteiger partial charge on any atom is -1.00 e. The Balaban J connectivity index is 0.00000150. The smallest absolute Gasteiger partial charge is 0.169 e. The molecule has 0 aliphatic heterocycles. The highest BCUT2D eigenvalue weighted by Crippen LogP contribution is 2.29. The van der Waals surface area contributed by atoms with Gasteiger partial charge in [-0.25, -0.2) is 18.7 Å². The summed E-state index contributed by atoms with van der Waals surface area (Å²) in [4.78, 5) is 4.95. The average Bonchev–Trinajstić information content (AvgIpc) is 2.69. The summed E-state index contributed by atoms with van der Waals surface area (Å²) in [6.07, 6.45) is 12.3. The quantitative estimate of drug-likeness (QED) is 0.279. The van der Waals surface area contributed by atoms with Gasteiger partial charge in [0.05, 0.1) is 11.4 Å². The lowest BCUT2D eigenvalue weighted by atomic mass is 10.0. The van der Waals surface area contributed by atoms with Gasteiger partial charge >= 0.3 is 0 Å². The van der Waals surface area contributed by atoms with E-state index in [1.807, 2.05) is 59.6 Å². The molecule has 0 unspecified atom stereocenters. The Kier molecular flexibility index (Phi) is 9.37. The lowest BCUT2D eigenvalue weighted by Crippen LogP contribution is -3.00. The maximum Gasteiger partial charge on any atom is 0.169 e. The van der Waals surface area contributed by atoms with E-state index in [0.29, 0.717) is 0 Å². The maximum atomic E-state index is 4.95. The van der Waals surface area contributed by atoms with Gasteiger partial charge in [-0.05, 0) is 23.3 Å². The molecule has 4 nitrogen and oxygen atoms in total. The number of rotatable bonds is 3. The molecule has 0 radical (unpaired) electrons. The molecule has 0 aliphatic rings. The van der Waals surface area contributed by atoms with Crippen LogP contribution in [0.15, 0.2) is 85.7 Å². The normalized spacial score (nSPS) is 9.70. The van der Waals surface area contributed by atoms with E-state index in [0.717, 1.165) is 28.1 Å². The Labute approximate surface area is 196 Å². The van der Waals surface area contributed by atoms with Gasteiger partial charge in [-0.2, -0.15) is 0 Å². The number of halogens is 3. The molecule has 0 aromatic carbocycles. The van der Waals surface area contributed by atoms with Gasteiger partial charge in [0.15, 0.2) is 37.2 Å². The van der Waals surface area contributed by atoms with E-state index in [2.05, 4.69) is 60.9 Å². The van der Waals surface area contributed by atoms with Crippen molar-refractivity contribution in [3.05, 3.63) is 85.7 Å². The number of hydrogen-bond acceptors (Lipinski definition) is 1. The van der Waals surface area contributed by atoms with Crippen LogP contribution in [0.25, 0.3) is 33.6 Å². The van der Waals surface area contributed by atoms with Crippen molar-refractivity contribution in [2.24, 2.45) is 21.1 Å². The fourth-order valence-electron chi connectivity index (χ4n) is 3.03. The lowest BCUT2D eigenvalue weighted by Gasteiger charge is -2.09. The molecule has 0 aliphatic carbocycles. The monoisotopic (exact) mass is 460 g/mol. The first-order valence-corrected chi connectivity index (χ1v) is 8.97. The molecule has 4 heterocycles. The number of hydrogen-bond donors (Lipinski definition) is 0. The molecular formula is C23H23Cl3N4. The van der Waals surface area contributed by atoms with Crippen LogP contribution < -0.4 is 50.9 Å². The molecule has 0 saturated heterocycles. The first-order valence-electron chi connectivity index (χ1n) is 8.97. The Morgan fingerprint density at radius 3 is 1.10 bits per heavy atom. The van der Waals surface area contributed by atoms with Gasteiger partial charge < -0.3 is 37.2 Å². The highest BCUT2D eigenvalue weighted by atomic mass is 35.5. The molecule has 156 valence electrons. The highest BCUT2D eigenvalue weighted by molar-refractivity contribution is 5.75. The van der Waals surface area contributed by atoms with Crippen LogP contribution in [0.4, 0.5) is 0 Å². The number of nitrogens with zero attached hydrogens (tertiary/aromatic N) is 4. The summed E-state index contributed by atoms with van der Waals surface area (Å²) < 4.78 is 6.10. The Hall–Kier alpha value is -2.53. The predicted molar refractivity (Wildman–Crippen MR) is 104 cm³/mol. The third-order valence-electron chi connectivity index (χ3n) is 4.69. The van der Waals surface area contributed by atoms with E-state index in [1.165, 1.54) is 5.56 Å². The fraction of sp³-hybridized carbons (Fsp3) is 0.130. The molecule has 7 heteroatoms. The molecule has 4 aromatic rings. The molecule has 0 saturated carbocycles. The average molecular weight is 462 g/mol. The third-order valence-corrected chi connectivity index (χ3v) is 4.69. The molecule has 0 spiro atoms. The van der Waals surface area contributed by atoms with Crippen LogP contribution in [0.2, 0.25) is 0 Å². The minimum atomic E-state index is 0. The molecule has 30 heavy (non-hydrogen) atoms. The third kappa shape index (κ3) is 5.76. The summed E-state index contributed by atoms with van der Waals surface area (Å²) in [6, 6.07) is 17.0. The zero-order chi connectivity index (χ0) is 18.8. The van der Waals surface area contributed by atoms with Crippen molar-refractivity contribution in [2.75, 3.05) is 0 Å². The van der Waals surface area contributed by atoms with Crippen molar-refractivity contribution in [1.82, 2.24) is 4.98 Å². The summed E-state index contributed by atoms with van der Waals surface area (Å²) >= 11 is 0. The van der Waals surface area contributed by atoms with Crippen LogP contribution in [0.5, 0.6) is 0 Å². The van der Waals surface area contributed by atoms with E-state index < -0.39 is 0 Å². The van der Waals surface area contributed by atoms with Crippen LogP contribution in [0.1, 0.15) is 0 Å². The second kappa shape index (κ2) is 11.0. The van der Waals surface area contributed by atoms with Crippen molar-refractivity contribution in [1.29, 1.82) is 0 Å². The predicted octanol–water partition coefficient (Wildman–Crippen LogP) is -6.43. The lowest BCUT2D eigenvalue weighted by molar-refractivity contribution is -0.671. The summed E-state index contributed by atoms with van der Waals surface area (Å²) in [5, 5.41) is 0. The first-order chi connectivity index (χ1) is 13.1. The Morgan fingerprint density at radius 2 is 0.767 bits per heavy atom. The van der Waals surface area contributed by atoms with Crippen LogP contribution in [0, 0.1) is 0 Å². The second-order valence-electron chi connectivity index (χ2n) is 6.88. The summed E-state index contributed by atoms with van der Waals surface area (Å²) in [7, 11) is 6.07. The summed E-state index contributed by atoms with van der Waals surface area (Å²) in [6.45, 7) is 0. The first kappa shape index (κ1) is 25.5. The number of aromatic nitrogens is 4. The highest BCUT2D eigenvalue weighted by Gasteiger charge is 2.11. The van der Waals surface area contributed by atoms with Crippen molar-refractivity contribution in [3.8, 4) is 33.6 Å². The van der Waals surface area contributed by atoms with Gasteiger partial charge in [0.2, 0.25) is 0 Å². The largest absolute Gasteiger partial charge is 1.00 e. The Bertz CT molecular complexity index is 927. The molecule has 0 N–H and O–H groups in total. The van der Waals surface area contributed by atoms with Gasteiger partial charge in [-0.15, -0.1) is 0 Å². The van der Waals surface area contributed by atoms with Gasteiger partial charge in [0, 0.05) is 47.5 Å². The number of pyridine rings is 4. The topological polar surface area (TPSA) is 24.5 Å². The fourth-order valence-corrected chi connectivity index (χ4v) is 3.03. The zero-order valence-corrected chi connectivity index (χ0v) is 19.3. The second-order valence-corrected chi connectivity index (χ2v) is 6.88. The van der Waals surface area contributed by atoms with Crippen LogP contribution in [-0.2, 0) is 21.1 Å². The van der Waals surface area contributed by atoms with E-state index in [9.17, 15) is 0 Å². The van der Waals surface area contributed by atoms with Crippen LogP contribution >= 0.6 is 0 Å². The van der Waals surface area contributed by atoms with Crippen molar-refractivity contribution in [3.63, 3.8) is 0 Å². The van der Waals surface area contributed by atoms with Crippen molar-refractivity contribution < 1.29 is 50.9 Å². The van der Waals surface area contributed by atoms with E-state index in [1.54, 1.807) is 0 Å². The zero-order valence-electron chi connectivity index (χ0n) is 17.0. The van der Waals surface area contributed by atoms with Crippen molar-refractivity contribution >= 4 is 0 Å². The van der Waals surface area contributed by atoms with Crippen LogP contribution in [0.3, 0.4) is 0 Å². The van der Waals surface area contributed by atoms with Gasteiger partial charge in [0.1, 0.15) is 21.1 Å². The SMILES string of the molecule is C[n+]1ccc(-c2cc(-c3cc[n+](C)cc3)nc(-c3cc[n+](C)cc3)c2)cc1.[Cl-].[Cl-].[Cl-]. The molecule has 4 aromatic heterocycles. The summed E-state index contributed by atoms with van der Waals surface area (Å²) in [5.41, 5.74) is 6.52. The van der Waals surface area contributed by atoms with Gasteiger partial charge in [-0.3, -0.25) is 0 Å². The van der Waals surface area contributed by atoms with E-state index in [4.69, 9.17) is 4.98 Å². The molecular weight excluding hydrogens is 439 g/mol. The van der Waals surface area contributed by atoms with E-state index in [-0.39, 0.29) is 37.2 Å². The van der Waals surface area contributed by atoms with Gasteiger partial charge in [-0.1, -0.05) is 0 Å². The minimum absolute atomic E-state index is 0. The molecule has 0 fully saturated rings. The number of aryl methyl sites for hydroxylation is 3. The Morgan fingerprint density at radius 1 is 0.467 bits per heavy atom. The standard InChI is InChI=1S/C23H23N4.3ClH/c1-25-10-4-18(5-11-25)21-16-22(19-6-12-26(2)13-7-19)24-23(17-21)20-8-14-27(3)15-9-20;;;/h4-17H,1-3H3;3*1H/q+3;;;/p-3. The molecule has 0 amide bonds. The van der Waals surface area contributed by atoms with Crippen LogP contribution in [-0.4, -0.2) is 4.98 Å².